The van der Waals surface area contributed by atoms with Gasteiger partial charge in [-0.05, 0) is 45.7 Å². The van der Waals surface area contributed by atoms with Crippen LogP contribution in [0.1, 0.15) is 40.9 Å². The Kier molecular flexibility index (Phi) is 4.40. The first kappa shape index (κ1) is 16.0. The van der Waals surface area contributed by atoms with Gasteiger partial charge in [0, 0.05) is 25.2 Å². The van der Waals surface area contributed by atoms with Crippen LogP contribution in [0.5, 0.6) is 0 Å². The molecular weight excluding hydrogens is 264 g/mol. The van der Waals surface area contributed by atoms with Crippen LogP contribution >= 0.6 is 0 Å². The van der Waals surface area contributed by atoms with Gasteiger partial charge in [0.15, 0.2) is 0 Å². The number of rotatable bonds is 2. The highest BCUT2D eigenvalue weighted by molar-refractivity contribution is 5.97. The molecule has 2 rings (SSSR count). The molecule has 1 heterocycles. The summed E-state index contributed by atoms with van der Waals surface area (Å²) in [5.74, 6) is 0.0832. The summed E-state index contributed by atoms with van der Waals surface area (Å²) in [4.78, 5) is 14.8. The molecule has 4 nitrogen and oxygen atoms in total. The molecule has 0 bridgehead atoms. The SMILES string of the molecule is Cc1cc(C)c(C(=O)N2CC(CN)OC(C)(C)C2)c(C)c1. The molecule has 0 aliphatic carbocycles. The number of hydrogen-bond acceptors (Lipinski definition) is 3. The molecule has 116 valence electrons. The first-order chi connectivity index (χ1) is 9.73. The molecule has 0 spiro atoms. The van der Waals surface area contributed by atoms with E-state index in [0.717, 1.165) is 16.7 Å². The van der Waals surface area contributed by atoms with Crippen molar-refractivity contribution in [3.63, 3.8) is 0 Å². The van der Waals surface area contributed by atoms with E-state index in [1.54, 1.807) is 0 Å². The Bertz CT molecular complexity index is 529. The molecule has 1 saturated heterocycles. The monoisotopic (exact) mass is 290 g/mol. The Morgan fingerprint density at radius 1 is 1.33 bits per heavy atom. The van der Waals surface area contributed by atoms with Crippen LogP contribution in [0.3, 0.4) is 0 Å². The van der Waals surface area contributed by atoms with Crippen LogP contribution in [0.25, 0.3) is 0 Å². The Balaban J connectivity index is 2.31. The molecule has 1 fully saturated rings. The fraction of sp³-hybridized carbons (Fsp3) is 0.588. The summed E-state index contributed by atoms with van der Waals surface area (Å²) in [6, 6.07) is 4.12. The van der Waals surface area contributed by atoms with Gasteiger partial charge in [0.2, 0.25) is 0 Å². The number of ether oxygens (including phenoxy) is 1. The molecule has 21 heavy (non-hydrogen) atoms. The van der Waals surface area contributed by atoms with Crippen molar-refractivity contribution in [1.82, 2.24) is 4.90 Å². The van der Waals surface area contributed by atoms with Gasteiger partial charge >= 0.3 is 0 Å². The second-order valence-corrected chi connectivity index (χ2v) is 6.69. The standard InChI is InChI=1S/C17H26N2O2/c1-11-6-12(2)15(13(3)7-11)16(20)19-9-14(8-18)21-17(4,5)10-19/h6-7,14H,8-10,18H2,1-5H3. The smallest absolute Gasteiger partial charge is 0.254 e. The predicted molar refractivity (Wildman–Crippen MR) is 84.6 cm³/mol. The lowest BCUT2D eigenvalue weighted by Gasteiger charge is -2.42. The largest absolute Gasteiger partial charge is 0.367 e. The zero-order chi connectivity index (χ0) is 15.8. The third-order valence-electron chi connectivity index (χ3n) is 3.92. The number of carbonyl (C=O) groups excluding carboxylic acids is 1. The van der Waals surface area contributed by atoms with Crippen LogP contribution in [-0.4, -0.2) is 42.1 Å². The van der Waals surface area contributed by atoms with E-state index in [2.05, 4.69) is 19.1 Å². The molecule has 1 aliphatic rings. The minimum Gasteiger partial charge on any atom is -0.367 e. The van der Waals surface area contributed by atoms with Gasteiger partial charge in [-0.25, -0.2) is 0 Å². The number of hydrogen-bond donors (Lipinski definition) is 1. The molecular formula is C17H26N2O2. The predicted octanol–water partition coefficient (Wildman–Crippen LogP) is 2.19. The molecule has 4 heteroatoms. The van der Waals surface area contributed by atoms with Crippen molar-refractivity contribution in [2.75, 3.05) is 19.6 Å². The molecule has 0 aromatic heterocycles. The van der Waals surface area contributed by atoms with Crippen molar-refractivity contribution in [1.29, 1.82) is 0 Å². The average molecular weight is 290 g/mol. The number of benzene rings is 1. The second kappa shape index (κ2) is 5.78. The first-order valence-corrected chi connectivity index (χ1v) is 7.48. The fourth-order valence-corrected chi connectivity index (χ4v) is 3.25. The van der Waals surface area contributed by atoms with Crippen LogP contribution < -0.4 is 5.73 Å². The van der Waals surface area contributed by atoms with E-state index in [9.17, 15) is 4.79 Å². The van der Waals surface area contributed by atoms with Crippen molar-refractivity contribution < 1.29 is 9.53 Å². The van der Waals surface area contributed by atoms with Gasteiger partial charge in [-0.1, -0.05) is 17.7 Å². The Hall–Kier alpha value is -1.39. The molecule has 1 amide bonds. The lowest BCUT2D eigenvalue weighted by Crippen LogP contribution is -2.56. The normalized spacial score (nSPS) is 21.4. The van der Waals surface area contributed by atoms with E-state index in [4.69, 9.17) is 10.5 Å². The maximum absolute atomic E-state index is 12.9. The molecule has 1 aromatic carbocycles. The maximum atomic E-state index is 12.9. The van der Waals surface area contributed by atoms with Gasteiger partial charge in [0.1, 0.15) is 0 Å². The van der Waals surface area contributed by atoms with Gasteiger partial charge in [0.05, 0.1) is 11.7 Å². The minimum absolute atomic E-state index is 0.0832. The minimum atomic E-state index is -0.357. The van der Waals surface area contributed by atoms with Crippen molar-refractivity contribution in [3.05, 3.63) is 34.4 Å². The summed E-state index contributed by atoms with van der Waals surface area (Å²) < 4.78 is 5.90. The van der Waals surface area contributed by atoms with E-state index in [0.29, 0.717) is 19.6 Å². The third kappa shape index (κ3) is 3.44. The zero-order valence-corrected chi connectivity index (χ0v) is 13.7. The Labute approximate surface area is 127 Å². The van der Waals surface area contributed by atoms with Crippen molar-refractivity contribution >= 4 is 5.91 Å². The van der Waals surface area contributed by atoms with Crippen LogP contribution in [0, 0.1) is 20.8 Å². The van der Waals surface area contributed by atoms with Crippen LogP contribution in [0.4, 0.5) is 0 Å². The summed E-state index contributed by atoms with van der Waals surface area (Å²) in [5, 5.41) is 0. The molecule has 2 N–H and O–H groups in total. The van der Waals surface area contributed by atoms with Gasteiger partial charge in [0.25, 0.3) is 5.91 Å². The third-order valence-corrected chi connectivity index (χ3v) is 3.92. The van der Waals surface area contributed by atoms with E-state index in [1.807, 2.05) is 32.6 Å². The van der Waals surface area contributed by atoms with E-state index < -0.39 is 0 Å². The zero-order valence-electron chi connectivity index (χ0n) is 13.7. The fourth-order valence-electron chi connectivity index (χ4n) is 3.25. The van der Waals surface area contributed by atoms with Crippen molar-refractivity contribution in [2.45, 2.75) is 46.3 Å². The molecule has 1 aliphatic heterocycles. The quantitative estimate of drug-likeness (QED) is 0.908. The lowest BCUT2D eigenvalue weighted by atomic mass is 9.97. The van der Waals surface area contributed by atoms with Gasteiger partial charge in [-0.2, -0.15) is 0 Å². The molecule has 1 atom stereocenters. The second-order valence-electron chi connectivity index (χ2n) is 6.69. The Morgan fingerprint density at radius 3 is 2.43 bits per heavy atom. The Morgan fingerprint density at radius 2 is 1.90 bits per heavy atom. The number of aryl methyl sites for hydroxylation is 3. The average Bonchev–Trinajstić information content (AvgIpc) is 2.35. The number of amides is 1. The summed E-state index contributed by atoms with van der Waals surface area (Å²) in [7, 11) is 0. The highest BCUT2D eigenvalue weighted by Crippen LogP contribution is 2.25. The van der Waals surface area contributed by atoms with Gasteiger partial charge in [-0.3, -0.25) is 4.79 Å². The first-order valence-electron chi connectivity index (χ1n) is 7.48. The number of morpholine rings is 1. The van der Waals surface area contributed by atoms with Crippen LogP contribution in [-0.2, 0) is 4.74 Å². The van der Waals surface area contributed by atoms with E-state index in [1.165, 1.54) is 5.56 Å². The molecule has 0 saturated carbocycles. The topological polar surface area (TPSA) is 55.6 Å². The number of nitrogens with two attached hydrogens (primary N) is 1. The van der Waals surface area contributed by atoms with E-state index in [-0.39, 0.29) is 17.6 Å². The summed E-state index contributed by atoms with van der Waals surface area (Å²) in [6.45, 7) is 11.6. The van der Waals surface area contributed by atoms with Gasteiger partial charge in [-0.15, -0.1) is 0 Å². The summed E-state index contributed by atoms with van der Waals surface area (Å²) >= 11 is 0. The summed E-state index contributed by atoms with van der Waals surface area (Å²) in [6.07, 6.45) is -0.0937. The molecule has 1 unspecified atom stereocenters. The highest BCUT2D eigenvalue weighted by Gasteiger charge is 2.35. The summed E-state index contributed by atoms with van der Waals surface area (Å²) in [5.41, 5.74) is 9.45. The van der Waals surface area contributed by atoms with Crippen molar-refractivity contribution in [2.24, 2.45) is 5.73 Å². The molecule has 0 radical (unpaired) electrons. The maximum Gasteiger partial charge on any atom is 0.254 e. The van der Waals surface area contributed by atoms with Crippen LogP contribution in [0.2, 0.25) is 0 Å². The lowest BCUT2D eigenvalue weighted by molar-refractivity contribution is -0.122. The van der Waals surface area contributed by atoms with E-state index >= 15 is 0 Å². The number of nitrogens with zero attached hydrogens (tertiary/aromatic N) is 1. The number of carbonyl (C=O) groups is 1. The van der Waals surface area contributed by atoms with Crippen molar-refractivity contribution in [3.8, 4) is 0 Å². The van der Waals surface area contributed by atoms with Crippen LogP contribution in [0.15, 0.2) is 12.1 Å². The van der Waals surface area contributed by atoms with Gasteiger partial charge < -0.3 is 15.4 Å². The molecule has 1 aromatic rings. The highest BCUT2D eigenvalue weighted by atomic mass is 16.5.